The Labute approximate surface area is 113 Å². The third-order valence-electron chi connectivity index (χ3n) is 2.44. The third kappa shape index (κ3) is 2.91. The van der Waals surface area contributed by atoms with Crippen LogP contribution < -0.4 is 4.72 Å². The zero-order valence-corrected chi connectivity index (χ0v) is 11.6. The smallest absolute Gasteiger partial charge is 0.263 e. The highest BCUT2D eigenvalue weighted by Crippen LogP contribution is 2.22. The molecule has 0 unspecified atom stereocenters. The molecule has 2 rings (SSSR count). The number of hydrogen-bond acceptors (Lipinski definition) is 5. The van der Waals surface area contributed by atoms with Gasteiger partial charge in [0.25, 0.3) is 10.0 Å². The molecular formula is C11H11FN2O3S2. The van der Waals surface area contributed by atoms with Gasteiger partial charge in [-0.25, -0.2) is 17.8 Å². The highest BCUT2D eigenvalue weighted by atomic mass is 32.2. The highest BCUT2D eigenvalue weighted by Gasteiger charge is 2.19. The summed E-state index contributed by atoms with van der Waals surface area (Å²) in [6.45, 7) is 0.879. The predicted octanol–water partition coefficient (Wildman–Crippen LogP) is 1.88. The van der Waals surface area contributed by atoms with Crippen molar-refractivity contribution in [1.29, 1.82) is 0 Å². The lowest BCUT2D eigenvalue weighted by atomic mass is 10.1. The van der Waals surface area contributed by atoms with Gasteiger partial charge in [-0.3, -0.25) is 4.72 Å². The maximum atomic E-state index is 13.6. The van der Waals surface area contributed by atoms with Gasteiger partial charge in [0.2, 0.25) is 0 Å². The molecule has 0 atom stereocenters. The van der Waals surface area contributed by atoms with Gasteiger partial charge in [0.05, 0.1) is 11.5 Å². The standard InChI is InChI=1S/C11H11FN2O3S2/c1-7-4-9(5-8(6-15)10(7)12)19(16,17)14-11-13-2-3-18-11/h2-5,15H,6H2,1H3,(H,13,14). The van der Waals surface area contributed by atoms with Gasteiger partial charge < -0.3 is 5.11 Å². The molecule has 0 aliphatic heterocycles. The van der Waals surface area contributed by atoms with Crippen LogP contribution in [0.3, 0.4) is 0 Å². The van der Waals surface area contributed by atoms with E-state index in [0.29, 0.717) is 0 Å². The molecule has 0 saturated heterocycles. The Kier molecular flexibility index (Phi) is 3.83. The van der Waals surface area contributed by atoms with Gasteiger partial charge in [0.1, 0.15) is 5.82 Å². The molecule has 0 fully saturated rings. The minimum absolute atomic E-state index is 0.0560. The second-order valence-corrected chi connectivity index (χ2v) is 6.39. The van der Waals surface area contributed by atoms with Gasteiger partial charge in [-0.1, -0.05) is 0 Å². The molecule has 2 aromatic rings. The van der Waals surface area contributed by atoms with E-state index in [-0.39, 0.29) is 21.2 Å². The number of halogens is 1. The molecule has 0 aliphatic rings. The van der Waals surface area contributed by atoms with E-state index < -0.39 is 22.4 Å². The van der Waals surface area contributed by atoms with Crippen molar-refractivity contribution in [1.82, 2.24) is 4.98 Å². The molecule has 0 saturated carbocycles. The Bertz CT molecular complexity index is 684. The van der Waals surface area contributed by atoms with Crippen LogP contribution in [0.15, 0.2) is 28.6 Å². The van der Waals surface area contributed by atoms with E-state index in [0.717, 1.165) is 17.4 Å². The minimum atomic E-state index is -3.83. The number of aliphatic hydroxyl groups excluding tert-OH is 1. The molecule has 1 aromatic heterocycles. The van der Waals surface area contributed by atoms with Gasteiger partial charge in [-0.2, -0.15) is 0 Å². The summed E-state index contributed by atoms with van der Waals surface area (Å²) in [6, 6.07) is 2.32. The molecule has 102 valence electrons. The summed E-state index contributed by atoms with van der Waals surface area (Å²) in [6.07, 6.45) is 1.47. The minimum Gasteiger partial charge on any atom is -0.392 e. The van der Waals surface area contributed by atoms with Gasteiger partial charge in [0, 0.05) is 17.1 Å². The number of aryl methyl sites for hydroxylation is 1. The molecule has 1 aromatic carbocycles. The maximum absolute atomic E-state index is 13.6. The topological polar surface area (TPSA) is 79.3 Å². The first-order valence-corrected chi connectivity index (χ1v) is 7.62. The van der Waals surface area contributed by atoms with E-state index in [1.165, 1.54) is 19.2 Å². The number of sulfonamides is 1. The second-order valence-electron chi connectivity index (χ2n) is 3.81. The molecule has 5 nitrogen and oxygen atoms in total. The van der Waals surface area contributed by atoms with Gasteiger partial charge in [-0.05, 0) is 24.6 Å². The van der Waals surface area contributed by atoms with Crippen LogP contribution in [-0.4, -0.2) is 18.5 Å². The zero-order valence-electron chi connectivity index (χ0n) is 9.92. The Morgan fingerprint density at radius 3 is 2.79 bits per heavy atom. The lowest BCUT2D eigenvalue weighted by Crippen LogP contribution is -2.14. The number of hydrogen-bond donors (Lipinski definition) is 2. The summed E-state index contributed by atoms with van der Waals surface area (Å²) in [5.74, 6) is -0.601. The number of rotatable bonds is 4. The Morgan fingerprint density at radius 1 is 1.47 bits per heavy atom. The number of nitrogens with zero attached hydrogens (tertiary/aromatic N) is 1. The van der Waals surface area contributed by atoms with E-state index in [2.05, 4.69) is 9.71 Å². The number of nitrogens with one attached hydrogen (secondary N) is 1. The summed E-state index contributed by atoms with van der Waals surface area (Å²) in [5.41, 5.74) is 0.102. The fourth-order valence-electron chi connectivity index (χ4n) is 1.52. The molecule has 0 bridgehead atoms. The Balaban J connectivity index is 2.43. The lowest BCUT2D eigenvalue weighted by molar-refractivity contribution is 0.275. The van der Waals surface area contributed by atoms with Crippen LogP contribution in [0.4, 0.5) is 9.52 Å². The summed E-state index contributed by atoms with van der Waals surface area (Å²) in [5, 5.41) is 10.9. The fourth-order valence-corrected chi connectivity index (χ4v) is 3.45. The van der Waals surface area contributed by atoms with Crippen LogP contribution in [-0.2, 0) is 16.6 Å². The van der Waals surface area contributed by atoms with Crippen molar-refractivity contribution >= 4 is 26.5 Å². The average Bonchev–Trinajstić information content (AvgIpc) is 2.84. The van der Waals surface area contributed by atoms with Crippen molar-refractivity contribution in [2.75, 3.05) is 4.72 Å². The molecule has 2 N–H and O–H groups in total. The SMILES string of the molecule is Cc1cc(S(=O)(=O)Nc2nccs2)cc(CO)c1F. The largest absolute Gasteiger partial charge is 0.392 e. The van der Waals surface area contributed by atoms with Crippen LogP contribution in [0.1, 0.15) is 11.1 Å². The average molecular weight is 302 g/mol. The number of aliphatic hydroxyl groups is 1. The molecule has 0 spiro atoms. The fraction of sp³-hybridized carbons (Fsp3) is 0.182. The number of benzene rings is 1. The van der Waals surface area contributed by atoms with E-state index >= 15 is 0 Å². The normalized spacial score (nSPS) is 11.5. The Morgan fingerprint density at radius 2 is 2.21 bits per heavy atom. The van der Waals surface area contributed by atoms with E-state index in [1.54, 1.807) is 5.38 Å². The van der Waals surface area contributed by atoms with Crippen LogP contribution >= 0.6 is 11.3 Å². The van der Waals surface area contributed by atoms with Crippen LogP contribution in [0.5, 0.6) is 0 Å². The zero-order chi connectivity index (χ0) is 14.0. The quantitative estimate of drug-likeness (QED) is 0.904. The first kappa shape index (κ1) is 13.9. The molecule has 1 heterocycles. The second kappa shape index (κ2) is 5.24. The number of aromatic nitrogens is 1. The van der Waals surface area contributed by atoms with Gasteiger partial charge in [-0.15, -0.1) is 11.3 Å². The number of thiazole rings is 1. The predicted molar refractivity (Wildman–Crippen MR) is 70.0 cm³/mol. The van der Waals surface area contributed by atoms with Crippen molar-refractivity contribution in [3.05, 3.63) is 40.7 Å². The molecular weight excluding hydrogens is 291 g/mol. The molecule has 8 heteroatoms. The van der Waals surface area contributed by atoms with Crippen LogP contribution in [0.2, 0.25) is 0 Å². The Hall–Kier alpha value is -1.51. The van der Waals surface area contributed by atoms with Gasteiger partial charge >= 0.3 is 0 Å². The van der Waals surface area contributed by atoms with Crippen LogP contribution in [0, 0.1) is 12.7 Å². The number of anilines is 1. The summed E-state index contributed by atoms with van der Waals surface area (Å²) >= 11 is 1.14. The summed E-state index contributed by atoms with van der Waals surface area (Å²) in [7, 11) is -3.83. The summed E-state index contributed by atoms with van der Waals surface area (Å²) < 4.78 is 40.0. The van der Waals surface area contributed by atoms with Gasteiger partial charge in [0.15, 0.2) is 5.13 Å². The van der Waals surface area contributed by atoms with E-state index in [9.17, 15) is 12.8 Å². The van der Waals surface area contributed by atoms with Crippen molar-refractivity contribution in [2.24, 2.45) is 0 Å². The maximum Gasteiger partial charge on any atom is 0.263 e. The van der Waals surface area contributed by atoms with Crippen molar-refractivity contribution in [2.45, 2.75) is 18.4 Å². The van der Waals surface area contributed by atoms with Crippen molar-refractivity contribution in [3.63, 3.8) is 0 Å². The lowest BCUT2D eigenvalue weighted by Gasteiger charge is -2.09. The first-order chi connectivity index (χ1) is 8.94. The van der Waals surface area contributed by atoms with Crippen molar-refractivity contribution < 1.29 is 17.9 Å². The van der Waals surface area contributed by atoms with Crippen molar-refractivity contribution in [3.8, 4) is 0 Å². The monoisotopic (exact) mass is 302 g/mol. The summed E-state index contributed by atoms with van der Waals surface area (Å²) in [4.78, 5) is 3.71. The first-order valence-electron chi connectivity index (χ1n) is 5.26. The van der Waals surface area contributed by atoms with E-state index in [1.807, 2.05) is 0 Å². The molecule has 19 heavy (non-hydrogen) atoms. The van der Waals surface area contributed by atoms with E-state index in [4.69, 9.17) is 5.11 Å². The molecule has 0 amide bonds. The third-order valence-corrected chi connectivity index (χ3v) is 4.57. The molecule has 0 radical (unpaired) electrons. The highest BCUT2D eigenvalue weighted by molar-refractivity contribution is 7.93. The molecule has 0 aliphatic carbocycles. The van der Waals surface area contributed by atoms with Crippen LogP contribution in [0.25, 0.3) is 0 Å².